The van der Waals surface area contributed by atoms with E-state index in [1.807, 2.05) is 6.92 Å². The van der Waals surface area contributed by atoms with E-state index in [0.29, 0.717) is 14.8 Å². The number of carbonyl (C=O) groups is 1. The molecule has 1 N–H and O–H groups in total. The summed E-state index contributed by atoms with van der Waals surface area (Å²) in [6.07, 6.45) is -4.26. The number of aromatic nitrogens is 1. The van der Waals surface area contributed by atoms with Crippen LogP contribution in [0, 0.1) is 6.92 Å². The Morgan fingerprint density at radius 3 is 2.95 bits per heavy atom. The maximum Gasteiger partial charge on any atom is 0.501 e. The highest BCUT2D eigenvalue weighted by Gasteiger charge is 2.43. The summed E-state index contributed by atoms with van der Waals surface area (Å²) in [6, 6.07) is 3.02. The predicted octanol–water partition coefficient (Wildman–Crippen LogP) is 3.88. The topological polar surface area (TPSA) is 59.4 Å². The normalized spacial score (nSPS) is 12.2. The number of thiophene rings is 1. The van der Waals surface area contributed by atoms with Gasteiger partial charge in [-0.25, -0.2) is 9.78 Å². The first kappa shape index (κ1) is 13.2. The largest absolute Gasteiger partial charge is 0.501 e. The van der Waals surface area contributed by atoms with Gasteiger partial charge in [0, 0.05) is 11.5 Å². The number of aliphatic carboxylic acids is 1. The summed E-state index contributed by atoms with van der Waals surface area (Å²) < 4.78 is 32.3. The molecule has 104 valence electrons. The van der Waals surface area contributed by atoms with E-state index in [9.17, 15) is 13.6 Å². The minimum atomic E-state index is -4.26. The lowest BCUT2D eigenvalue weighted by Gasteiger charge is -2.14. The van der Waals surface area contributed by atoms with Gasteiger partial charge >= 0.3 is 12.1 Å². The average molecular weight is 315 g/mol. The molecule has 0 aliphatic carbocycles. The number of nitrogens with zero attached hydrogens (tertiary/aromatic N) is 1. The molecule has 0 atom stereocenters. The molecule has 1 aromatic carbocycles. The number of rotatable bonds is 3. The van der Waals surface area contributed by atoms with Gasteiger partial charge in [-0.05, 0) is 18.4 Å². The zero-order valence-electron chi connectivity index (χ0n) is 10.0. The van der Waals surface area contributed by atoms with E-state index >= 15 is 0 Å². The van der Waals surface area contributed by atoms with E-state index in [2.05, 4.69) is 9.72 Å². The molecule has 0 aliphatic rings. The Labute approximate surface area is 119 Å². The molecule has 8 heteroatoms. The first-order chi connectivity index (χ1) is 9.38. The summed E-state index contributed by atoms with van der Waals surface area (Å²) in [5.74, 6) is -2.47. The van der Waals surface area contributed by atoms with Gasteiger partial charge in [-0.1, -0.05) is 0 Å². The predicted molar refractivity (Wildman–Crippen MR) is 73.0 cm³/mol. The van der Waals surface area contributed by atoms with Gasteiger partial charge in [0.1, 0.15) is 5.75 Å². The molecule has 3 aromatic rings. The highest BCUT2D eigenvalue weighted by Crippen LogP contribution is 2.40. The fourth-order valence-corrected chi connectivity index (χ4v) is 3.69. The molecule has 2 heterocycles. The van der Waals surface area contributed by atoms with Crippen LogP contribution in [0.4, 0.5) is 8.78 Å². The summed E-state index contributed by atoms with van der Waals surface area (Å²) in [4.78, 5) is 14.8. The highest BCUT2D eigenvalue weighted by atomic mass is 32.1. The van der Waals surface area contributed by atoms with Gasteiger partial charge in [-0.3, -0.25) is 0 Å². The third-order valence-corrected chi connectivity index (χ3v) is 4.49. The van der Waals surface area contributed by atoms with Gasteiger partial charge in [0.05, 0.1) is 19.9 Å². The van der Waals surface area contributed by atoms with Crippen molar-refractivity contribution in [2.24, 2.45) is 0 Å². The lowest BCUT2D eigenvalue weighted by molar-refractivity contribution is -0.210. The van der Waals surface area contributed by atoms with Crippen LogP contribution in [0.2, 0.25) is 0 Å². The zero-order valence-corrected chi connectivity index (χ0v) is 11.6. The summed E-state index contributed by atoms with van der Waals surface area (Å²) >= 11 is 2.69. The van der Waals surface area contributed by atoms with Crippen LogP contribution in [0.1, 0.15) is 5.01 Å². The van der Waals surface area contributed by atoms with Crippen molar-refractivity contribution in [3.63, 3.8) is 0 Å². The van der Waals surface area contributed by atoms with Crippen LogP contribution in [-0.4, -0.2) is 22.2 Å². The molecule has 2 aromatic heterocycles. The van der Waals surface area contributed by atoms with Crippen molar-refractivity contribution in [2.45, 2.75) is 13.0 Å². The first-order valence-corrected chi connectivity index (χ1v) is 7.15. The SMILES string of the molecule is Cc1nc2c(cc(OC(F)(F)C(=O)O)c3ccsc32)s1. The maximum atomic E-state index is 13.2. The van der Waals surface area contributed by atoms with Crippen LogP contribution < -0.4 is 4.74 Å². The smallest absolute Gasteiger partial charge is 0.474 e. The number of thiazole rings is 1. The second-order valence-electron chi connectivity index (χ2n) is 4.04. The minimum absolute atomic E-state index is 0.148. The molecule has 0 spiro atoms. The fraction of sp³-hybridized carbons (Fsp3) is 0.167. The third-order valence-electron chi connectivity index (χ3n) is 2.66. The van der Waals surface area contributed by atoms with Crippen molar-refractivity contribution in [1.82, 2.24) is 4.98 Å². The molecule has 20 heavy (non-hydrogen) atoms. The van der Waals surface area contributed by atoms with Crippen molar-refractivity contribution in [1.29, 1.82) is 0 Å². The summed E-state index contributed by atoms with van der Waals surface area (Å²) in [5.41, 5.74) is 0.725. The van der Waals surface area contributed by atoms with Crippen LogP contribution >= 0.6 is 22.7 Å². The minimum Gasteiger partial charge on any atom is -0.474 e. The van der Waals surface area contributed by atoms with E-state index in [1.54, 1.807) is 11.4 Å². The Bertz CT molecular complexity index is 825. The van der Waals surface area contributed by atoms with Gasteiger partial charge in [0.25, 0.3) is 0 Å². The average Bonchev–Trinajstić information content (AvgIpc) is 2.93. The van der Waals surface area contributed by atoms with Gasteiger partial charge in [0.2, 0.25) is 0 Å². The van der Waals surface area contributed by atoms with Crippen LogP contribution in [0.3, 0.4) is 0 Å². The van der Waals surface area contributed by atoms with Gasteiger partial charge < -0.3 is 9.84 Å². The number of carboxylic acids is 1. The molecule has 0 bridgehead atoms. The number of ether oxygens (including phenoxy) is 1. The van der Waals surface area contributed by atoms with Crippen molar-refractivity contribution >= 4 is 48.9 Å². The number of halogens is 2. The summed E-state index contributed by atoms with van der Waals surface area (Å²) in [6.45, 7) is 1.82. The quantitative estimate of drug-likeness (QED) is 0.797. The van der Waals surface area contributed by atoms with Crippen LogP contribution in [0.25, 0.3) is 20.3 Å². The Kier molecular flexibility index (Phi) is 2.87. The van der Waals surface area contributed by atoms with Crippen molar-refractivity contribution in [3.05, 3.63) is 22.5 Å². The van der Waals surface area contributed by atoms with Crippen LogP contribution in [-0.2, 0) is 4.79 Å². The molecular weight excluding hydrogens is 308 g/mol. The lowest BCUT2D eigenvalue weighted by Crippen LogP contribution is -2.34. The lowest BCUT2D eigenvalue weighted by atomic mass is 10.2. The number of aryl methyl sites for hydroxylation is 1. The number of hydrogen-bond acceptors (Lipinski definition) is 5. The molecule has 0 saturated carbocycles. The van der Waals surface area contributed by atoms with E-state index < -0.39 is 12.1 Å². The standard InChI is InChI=1S/C12H7F2NO3S2/c1-5-15-9-8(20-5)4-7(6-2-3-19-10(6)9)18-12(13,14)11(16)17/h2-4H,1H3,(H,16,17). The summed E-state index contributed by atoms with van der Waals surface area (Å²) in [7, 11) is 0. The molecule has 3 rings (SSSR count). The van der Waals surface area contributed by atoms with Crippen molar-refractivity contribution in [3.8, 4) is 5.75 Å². The fourth-order valence-electron chi connectivity index (χ4n) is 1.85. The Hall–Kier alpha value is -1.80. The van der Waals surface area contributed by atoms with Crippen molar-refractivity contribution in [2.75, 3.05) is 0 Å². The molecule has 0 fully saturated rings. The van der Waals surface area contributed by atoms with Crippen LogP contribution in [0.5, 0.6) is 5.75 Å². The van der Waals surface area contributed by atoms with Crippen LogP contribution in [0.15, 0.2) is 17.5 Å². The van der Waals surface area contributed by atoms with Gasteiger partial charge in [0.15, 0.2) is 0 Å². The Balaban J connectivity index is 2.23. The van der Waals surface area contributed by atoms with E-state index in [1.165, 1.54) is 28.7 Å². The second kappa shape index (κ2) is 4.35. The molecular formula is C12H7F2NO3S2. The zero-order chi connectivity index (χ0) is 14.5. The molecule has 0 unspecified atom stereocenters. The molecule has 0 radical (unpaired) electrons. The number of benzene rings is 1. The van der Waals surface area contributed by atoms with E-state index in [0.717, 1.165) is 10.5 Å². The van der Waals surface area contributed by atoms with Crippen molar-refractivity contribution < 1.29 is 23.4 Å². The van der Waals surface area contributed by atoms with Gasteiger partial charge in [-0.15, -0.1) is 22.7 Å². The monoisotopic (exact) mass is 315 g/mol. The highest BCUT2D eigenvalue weighted by molar-refractivity contribution is 7.21. The Morgan fingerprint density at radius 1 is 1.50 bits per heavy atom. The molecule has 0 saturated heterocycles. The first-order valence-electron chi connectivity index (χ1n) is 5.46. The Morgan fingerprint density at radius 2 is 2.25 bits per heavy atom. The maximum absolute atomic E-state index is 13.2. The molecule has 0 amide bonds. The summed E-state index contributed by atoms with van der Waals surface area (Å²) in [5, 5.41) is 11.4. The number of hydrogen-bond donors (Lipinski definition) is 1. The van der Waals surface area contributed by atoms with E-state index in [-0.39, 0.29) is 5.75 Å². The molecule has 0 aliphatic heterocycles. The number of carboxylic acid groups (broad SMARTS) is 1. The number of alkyl halides is 2. The second-order valence-corrected chi connectivity index (χ2v) is 6.19. The third kappa shape index (κ3) is 2.01. The molecule has 4 nitrogen and oxygen atoms in total. The number of fused-ring (bicyclic) bond motifs is 3. The van der Waals surface area contributed by atoms with E-state index in [4.69, 9.17) is 5.11 Å². The van der Waals surface area contributed by atoms with Gasteiger partial charge in [-0.2, -0.15) is 8.78 Å².